The van der Waals surface area contributed by atoms with E-state index in [2.05, 4.69) is 181 Å². The number of nitrogens with two attached hydrogens (primary N) is 1. The SMILES string of the molecule is N/C(=N\c1c(Cc2cccc3oc4c(-c5ccccc5)cc(-c5ccccc5)cc4c23)sc2ccccc12)c1ccc2c(c1)c1c(n2-c2ccccc2)CCC=C1. The third-order valence-electron chi connectivity index (χ3n) is 11.3. The molecule has 0 fully saturated rings. The summed E-state index contributed by atoms with van der Waals surface area (Å²) in [6, 6.07) is 57.9. The molecule has 0 spiro atoms. The molecule has 11 rings (SSSR count). The Morgan fingerprint density at radius 1 is 0.684 bits per heavy atom. The van der Waals surface area contributed by atoms with Crippen molar-refractivity contribution < 1.29 is 4.42 Å². The molecule has 0 saturated carbocycles. The van der Waals surface area contributed by atoms with Gasteiger partial charge in [0.15, 0.2) is 0 Å². The maximum atomic E-state index is 7.03. The second-order valence-corrected chi connectivity index (χ2v) is 15.9. The van der Waals surface area contributed by atoms with E-state index in [1.165, 1.54) is 48.6 Å². The van der Waals surface area contributed by atoms with Crippen molar-refractivity contribution in [2.24, 2.45) is 10.7 Å². The fraction of sp³-hybridized carbons (Fsp3) is 0.0577. The third kappa shape index (κ3) is 5.70. The van der Waals surface area contributed by atoms with Gasteiger partial charge in [-0.15, -0.1) is 11.3 Å². The number of rotatable bonds is 7. The minimum atomic E-state index is 0.509. The van der Waals surface area contributed by atoms with Gasteiger partial charge < -0.3 is 14.7 Å². The molecule has 2 N–H and O–H groups in total. The molecule has 4 nitrogen and oxygen atoms in total. The van der Waals surface area contributed by atoms with Gasteiger partial charge in [0.2, 0.25) is 0 Å². The predicted octanol–water partition coefficient (Wildman–Crippen LogP) is 13.7. The van der Waals surface area contributed by atoms with Crippen LogP contribution in [0.4, 0.5) is 5.69 Å². The van der Waals surface area contributed by atoms with E-state index in [-0.39, 0.29) is 0 Å². The number of para-hydroxylation sites is 1. The van der Waals surface area contributed by atoms with Crippen LogP contribution in [-0.4, -0.2) is 10.4 Å². The second kappa shape index (κ2) is 13.7. The van der Waals surface area contributed by atoms with Gasteiger partial charge in [0.05, 0.1) is 11.2 Å². The highest BCUT2D eigenvalue weighted by molar-refractivity contribution is 7.19. The molecule has 1 aliphatic carbocycles. The molecule has 1 aliphatic rings. The first-order valence-corrected chi connectivity index (χ1v) is 20.3. The molecule has 0 atom stereocenters. The van der Waals surface area contributed by atoms with Crippen molar-refractivity contribution in [1.29, 1.82) is 0 Å². The highest BCUT2D eigenvalue weighted by atomic mass is 32.1. The molecule has 0 amide bonds. The fourth-order valence-corrected chi connectivity index (χ4v) is 9.88. The van der Waals surface area contributed by atoms with Gasteiger partial charge in [-0.2, -0.15) is 0 Å². The number of aromatic nitrogens is 1. The molecular weight excluding hydrogens is 715 g/mol. The second-order valence-electron chi connectivity index (χ2n) is 14.8. The van der Waals surface area contributed by atoms with E-state index in [1.54, 1.807) is 11.3 Å². The van der Waals surface area contributed by atoms with Crippen molar-refractivity contribution in [2.45, 2.75) is 19.3 Å². The monoisotopic (exact) mass is 751 g/mol. The zero-order chi connectivity index (χ0) is 37.9. The highest BCUT2D eigenvalue weighted by Gasteiger charge is 2.22. The van der Waals surface area contributed by atoms with Gasteiger partial charge in [0.1, 0.15) is 17.0 Å². The quantitative estimate of drug-likeness (QED) is 0.130. The lowest BCUT2D eigenvalue weighted by molar-refractivity contribution is 0.670. The maximum absolute atomic E-state index is 7.03. The van der Waals surface area contributed by atoms with Crippen LogP contribution >= 0.6 is 11.3 Å². The van der Waals surface area contributed by atoms with Crippen molar-refractivity contribution >= 4 is 71.9 Å². The molecule has 0 bridgehead atoms. The van der Waals surface area contributed by atoms with Gasteiger partial charge in [-0.05, 0) is 89.7 Å². The van der Waals surface area contributed by atoms with Crippen LogP contribution < -0.4 is 5.73 Å². The Bertz CT molecular complexity index is 3200. The summed E-state index contributed by atoms with van der Waals surface area (Å²) in [4.78, 5) is 6.46. The Morgan fingerprint density at radius 3 is 2.26 bits per heavy atom. The molecule has 0 saturated heterocycles. The summed E-state index contributed by atoms with van der Waals surface area (Å²) in [6.07, 6.45) is 7.27. The number of hydrogen-bond donors (Lipinski definition) is 1. The van der Waals surface area contributed by atoms with Crippen LogP contribution in [0.1, 0.15) is 33.7 Å². The van der Waals surface area contributed by atoms with Crippen LogP contribution in [0.5, 0.6) is 0 Å². The Morgan fingerprint density at radius 2 is 1.44 bits per heavy atom. The van der Waals surface area contributed by atoms with Crippen LogP contribution in [0.15, 0.2) is 179 Å². The zero-order valence-corrected chi connectivity index (χ0v) is 32.0. The van der Waals surface area contributed by atoms with E-state index in [9.17, 15) is 0 Å². The largest absolute Gasteiger partial charge is 0.455 e. The van der Waals surface area contributed by atoms with Gasteiger partial charge in [-0.1, -0.05) is 121 Å². The van der Waals surface area contributed by atoms with E-state index >= 15 is 0 Å². The molecular formula is C52H37N3OS. The highest BCUT2D eigenvalue weighted by Crippen LogP contribution is 2.44. The number of furan rings is 1. The summed E-state index contributed by atoms with van der Waals surface area (Å²) in [5.41, 5.74) is 21.4. The van der Waals surface area contributed by atoms with Gasteiger partial charge >= 0.3 is 0 Å². The number of fused-ring (bicyclic) bond motifs is 7. The van der Waals surface area contributed by atoms with E-state index in [4.69, 9.17) is 15.1 Å². The lowest BCUT2D eigenvalue weighted by atomic mass is 9.94. The van der Waals surface area contributed by atoms with Gasteiger partial charge in [0, 0.05) is 65.6 Å². The topological polar surface area (TPSA) is 56.4 Å². The number of nitrogens with zero attached hydrogens (tertiary/aromatic N) is 2. The predicted molar refractivity (Wildman–Crippen MR) is 240 cm³/mol. The standard InChI is InChI=1S/C52H37N3OS/c53-52(36-27-28-45-42(29-36)39-22-10-12-24-44(39)55(45)38-20-8-3-9-21-38)54-50-40-23-11-13-26-47(40)57-48(50)32-35-19-14-25-46-49(35)43-31-37(33-15-4-1-5-16-33)30-41(51(43)56-46)34-17-6-2-7-18-34/h1-11,13-23,25-31H,12,24,32H2,(H2,53,54). The molecule has 57 heavy (non-hydrogen) atoms. The lowest BCUT2D eigenvalue weighted by Gasteiger charge is -2.13. The number of allylic oxidation sites excluding steroid dienone is 1. The van der Waals surface area contributed by atoms with Crippen LogP contribution in [0, 0.1) is 0 Å². The van der Waals surface area contributed by atoms with Crippen molar-refractivity contribution in [3.63, 3.8) is 0 Å². The van der Waals surface area contributed by atoms with Gasteiger partial charge in [-0.3, -0.25) is 0 Å². The van der Waals surface area contributed by atoms with Gasteiger partial charge in [-0.25, -0.2) is 4.99 Å². The molecule has 0 unspecified atom stereocenters. The smallest absolute Gasteiger partial charge is 0.143 e. The first kappa shape index (κ1) is 33.4. The Balaban J connectivity index is 1.05. The first-order valence-electron chi connectivity index (χ1n) is 19.5. The Kier molecular flexibility index (Phi) is 8.00. The average molecular weight is 752 g/mol. The molecule has 5 heteroatoms. The Hall–Kier alpha value is -6.95. The summed E-state index contributed by atoms with van der Waals surface area (Å²) in [5.74, 6) is 0.509. The van der Waals surface area contributed by atoms with Crippen molar-refractivity contribution in [1.82, 2.24) is 4.57 Å². The zero-order valence-electron chi connectivity index (χ0n) is 31.2. The van der Waals surface area contributed by atoms with Gasteiger partial charge in [0.25, 0.3) is 0 Å². The maximum Gasteiger partial charge on any atom is 0.143 e. The first-order chi connectivity index (χ1) is 28.2. The van der Waals surface area contributed by atoms with Crippen molar-refractivity contribution in [3.8, 4) is 27.9 Å². The number of hydrogen-bond acceptors (Lipinski definition) is 3. The van der Waals surface area contributed by atoms with E-state index in [0.717, 1.165) is 68.1 Å². The van der Waals surface area contributed by atoms with E-state index < -0.39 is 0 Å². The molecule has 3 aromatic heterocycles. The Labute approximate surface area is 334 Å². The van der Waals surface area contributed by atoms with E-state index in [0.29, 0.717) is 12.3 Å². The average Bonchev–Trinajstić information content (AvgIpc) is 3.93. The summed E-state index contributed by atoms with van der Waals surface area (Å²) < 4.78 is 10.4. The van der Waals surface area contributed by atoms with Crippen molar-refractivity contribution in [2.75, 3.05) is 0 Å². The minimum absolute atomic E-state index is 0.509. The third-order valence-corrected chi connectivity index (χ3v) is 12.5. The normalized spacial score (nSPS) is 12.9. The molecule has 10 aromatic rings. The molecule has 272 valence electrons. The fourth-order valence-electron chi connectivity index (χ4n) is 8.71. The lowest BCUT2D eigenvalue weighted by Crippen LogP contribution is -2.12. The van der Waals surface area contributed by atoms with E-state index in [1.807, 2.05) is 0 Å². The summed E-state index contributed by atoms with van der Waals surface area (Å²) in [6.45, 7) is 0. The van der Waals surface area contributed by atoms with Crippen LogP contribution in [-0.2, 0) is 12.8 Å². The van der Waals surface area contributed by atoms with Crippen LogP contribution in [0.3, 0.4) is 0 Å². The summed E-state index contributed by atoms with van der Waals surface area (Å²) >= 11 is 1.79. The molecule has 0 aliphatic heterocycles. The van der Waals surface area contributed by atoms with Crippen molar-refractivity contribution in [3.05, 3.63) is 197 Å². The molecule has 3 heterocycles. The van der Waals surface area contributed by atoms with Crippen LogP contribution in [0.25, 0.3) is 76.9 Å². The summed E-state index contributed by atoms with van der Waals surface area (Å²) in [7, 11) is 0. The van der Waals surface area contributed by atoms with Crippen LogP contribution in [0.2, 0.25) is 0 Å². The number of benzene rings is 7. The number of amidine groups is 1. The summed E-state index contributed by atoms with van der Waals surface area (Å²) in [5, 5.41) is 4.55. The molecule has 0 radical (unpaired) electrons. The molecule has 7 aromatic carbocycles. The minimum Gasteiger partial charge on any atom is -0.455 e. The number of aliphatic imine (C=N–C) groups is 1. The number of thiophene rings is 1.